The Bertz CT molecular complexity index is 634. The van der Waals surface area contributed by atoms with Gasteiger partial charge in [-0.1, -0.05) is 0 Å². The number of carbonyl (C=O) groups is 1. The van der Waals surface area contributed by atoms with Crippen molar-refractivity contribution in [2.75, 3.05) is 32.1 Å². The Morgan fingerprint density at radius 3 is 2.75 bits per heavy atom. The Kier molecular flexibility index (Phi) is 4.95. The maximum atomic E-state index is 12.0. The number of anilines is 1. The molecule has 7 heteroatoms. The summed E-state index contributed by atoms with van der Waals surface area (Å²) in [5.41, 5.74) is 0.534. The first kappa shape index (κ1) is 16.7. The SMILES string of the molecule is CN(C)C(=O)[C@H]1CC[C@@H](C2CCN(c3cc(C#N)cnn3)CC2)O1. The van der Waals surface area contributed by atoms with E-state index >= 15 is 0 Å². The highest BCUT2D eigenvalue weighted by molar-refractivity contribution is 5.80. The third-order valence-electron chi connectivity index (χ3n) is 4.93. The minimum atomic E-state index is -0.277. The Morgan fingerprint density at radius 2 is 2.08 bits per heavy atom. The Hall–Kier alpha value is -2.20. The number of ether oxygens (including phenoxy) is 1. The molecule has 2 aliphatic heterocycles. The fourth-order valence-electron chi connectivity index (χ4n) is 3.55. The lowest BCUT2D eigenvalue weighted by atomic mass is 9.89. The molecular formula is C17H23N5O2. The van der Waals surface area contributed by atoms with Crippen LogP contribution in [0.5, 0.6) is 0 Å². The average Bonchev–Trinajstić information content (AvgIpc) is 3.11. The average molecular weight is 329 g/mol. The molecule has 128 valence electrons. The van der Waals surface area contributed by atoms with Gasteiger partial charge in [0.05, 0.1) is 17.9 Å². The van der Waals surface area contributed by atoms with Crippen molar-refractivity contribution >= 4 is 11.7 Å². The summed E-state index contributed by atoms with van der Waals surface area (Å²) in [6, 6.07) is 3.88. The van der Waals surface area contributed by atoms with Crippen LogP contribution in [-0.4, -0.2) is 60.4 Å². The van der Waals surface area contributed by atoms with Gasteiger partial charge in [0.15, 0.2) is 5.82 Å². The van der Waals surface area contributed by atoms with Gasteiger partial charge in [-0.25, -0.2) is 0 Å². The summed E-state index contributed by atoms with van der Waals surface area (Å²) >= 11 is 0. The number of carbonyl (C=O) groups excluding carboxylic acids is 1. The van der Waals surface area contributed by atoms with E-state index in [1.807, 2.05) is 0 Å². The highest BCUT2D eigenvalue weighted by atomic mass is 16.5. The molecule has 3 rings (SSSR count). The predicted molar refractivity (Wildman–Crippen MR) is 88.3 cm³/mol. The number of hydrogen-bond donors (Lipinski definition) is 0. The van der Waals surface area contributed by atoms with E-state index < -0.39 is 0 Å². The quantitative estimate of drug-likeness (QED) is 0.829. The molecule has 7 nitrogen and oxygen atoms in total. The Labute approximate surface area is 142 Å². The summed E-state index contributed by atoms with van der Waals surface area (Å²) in [5, 5.41) is 17.0. The van der Waals surface area contributed by atoms with Crippen LogP contribution in [0.25, 0.3) is 0 Å². The molecule has 0 N–H and O–H groups in total. The summed E-state index contributed by atoms with van der Waals surface area (Å²) < 4.78 is 6.02. The fourth-order valence-corrected chi connectivity index (χ4v) is 3.55. The lowest BCUT2D eigenvalue weighted by Crippen LogP contribution is -2.39. The van der Waals surface area contributed by atoms with Crippen molar-refractivity contribution in [1.82, 2.24) is 15.1 Å². The van der Waals surface area contributed by atoms with E-state index in [1.54, 1.807) is 25.1 Å². The minimum Gasteiger partial charge on any atom is -0.365 e. The summed E-state index contributed by atoms with van der Waals surface area (Å²) in [4.78, 5) is 15.8. The first-order valence-electron chi connectivity index (χ1n) is 8.43. The van der Waals surface area contributed by atoms with Gasteiger partial charge in [0, 0.05) is 33.3 Å². The van der Waals surface area contributed by atoms with Crippen LogP contribution in [0.3, 0.4) is 0 Å². The zero-order chi connectivity index (χ0) is 17.1. The molecule has 3 heterocycles. The second-order valence-corrected chi connectivity index (χ2v) is 6.71. The normalized spacial score (nSPS) is 24.6. The van der Waals surface area contributed by atoms with E-state index in [-0.39, 0.29) is 18.1 Å². The van der Waals surface area contributed by atoms with E-state index in [9.17, 15) is 4.79 Å². The first-order valence-corrected chi connectivity index (χ1v) is 8.43. The van der Waals surface area contributed by atoms with Crippen molar-refractivity contribution in [3.05, 3.63) is 17.8 Å². The lowest BCUT2D eigenvalue weighted by Gasteiger charge is -2.35. The van der Waals surface area contributed by atoms with Crippen LogP contribution in [-0.2, 0) is 9.53 Å². The van der Waals surface area contributed by atoms with Crippen molar-refractivity contribution in [2.45, 2.75) is 37.9 Å². The number of nitriles is 1. The number of nitrogens with zero attached hydrogens (tertiary/aromatic N) is 5. The van der Waals surface area contributed by atoms with Crippen molar-refractivity contribution in [1.29, 1.82) is 5.26 Å². The molecular weight excluding hydrogens is 306 g/mol. The molecule has 2 fully saturated rings. The van der Waals surface area contributed by atoms with Gasteiger partial charge in [0.1, 0.15) is 12.2 Å². The van der Waals surface area contributed by atoms with Crippen molar-refractivity contribution in [3.63, 3.8) is 0 Å². The lowest BCUT2D eigenvalue weighted by molar-refractivity contribution is -0.141. The third kappa shape index (κ3) is 3.49. The van der Waals surface area contributed by atoms with Crippen LogP contribution in [0.2, 0.25) is 0 Å². The summed E-state index contributed by atoms with van der Waals surface area (Å²) in [6.45, 7) is 1.75. The van der Waals surface area contributed by atoms with Crippen LogP contribution in [0.15, 0.2) is 12.3 Å². The topological polar surface area (TPSA) is 82.4 Å². The Balaban J connectivity index is 1.54. The van der Waals surface area contributed by atoms with Crippen molar-refractivity contribution in [2.24, 2.45) is 5.92 Å². The maximum Gasteiger partial charge on any atom is 0.251 e. The second-order valence-electron chi connectivity index (χ2n) is 6.71. The van der Waals surface area contributed by atoms with E-state index in [4.69, 9.17) is 10.00 Å². The third-order valence-corrected chi connectivity index (χ3v) is 4.93. The Morgan fingerprint density at radius 1 is 1.33 bits per heavy atom. The van der Waals surface area contributed by atoms with Gasteiger partial charge in [-0.3, -0.25) is 4.79 Å². The molecule has 1 aromatic heterocycles. The molecule has 1 aromatic rings. The van der Waals surface area contributed by atoms with E-state index in [1.165, 1.54) is 6.20 Å². The maximum absolute atomic E-state index is 12.0. The molecule has 2 saturated heterocycles. The summed E-state index contributed by atoms with van der Waals surface area (Å²) in [5.74, 6) is 1.31. The molecule has 0 radical (unpaired) electrons. The van der Waals surface area contributed by atoms with Crippen LogP contribution in [0.1, 0.15) is 31.2 Å². The molecule has 0 spiro atoms. The number of rotatable bonds is 3. The summed E-state index contributed by atoms with van der Waals surface area (Å²) in [7, 11) is 3.54. The molecule has 0 aliphatic carbocycles. The van der Waals surface area contributed by atoms with E-state index in [0.29, 0.717) is 11.5 Å². The number of amides is 1. The number of piperidine rings is 1. The van der Waals surface area contributed by atoms with Gasteiger partial charge in [-0.15, -0.1) is 5.10 Å². The molecule has 2 atom stereocenters. The largest absolute Gasteiger partial charge is 0.365 e. The zero-order valence-corrected chi connectivity index (χ0v) is 14.2. The van der Waals surface area contributed by atoms with E-state index in [0.717, 1.165) is 44.6 Å². The van der Waals surface area contributed by atoms with Crippen LogP contribution in [0.4, 0.5) is 5.82 Å². The molecule has 2 aliphatic rings. The van der Waals surface area contributed by atoms with Crippen LogP contribution in [0, 0.1) is 17.2 Å². The van der Waals surface area contributed by atoms with Gasteiger partial charge in [0.2, 0.25) is 0 Å². The zero-order valence-electron chi connectivity index (χ0n) is 14.2. The number of hydrogen-bond acceptors (Lipinski definition) is 6. The molecule has 0 saturated carbocycles. The smallest absolute Gasteiger partial charge is 0.251 e. The van der Waals surface area contributed by atoms with Crippen LogP contribution < -0.4 is 4.90 Å². The van der Waals surface area contributed by atoms with Gasteiger partial charge in [-0.05, 0) is 31.6 Å². The van der Waals surface area contributed by atoms with Gasteiger partial charge < -0.3 is 14.5 Å². The predicted octanol–water partition coefficient (Wildman–Crippen LogP) is 1.20. The van der Waals surface area contributed by atoms with E-state index in [2.05, 4.69) is 21.2 Å². The monoisotopic (exact) mass is 329 g/mol. The van der Waals surface area contributed by atoms with Gasteiger partial charge in [-0.2, -0.15) is 10.4 Å². The molecule has 0 bridgehead atoms. The van der Waals surface area contributed by atoms with Crippen LogP contribution >= 0.6 is 0 Å². The van der Waals surface area contributed by atoms with Gasteiger partial charge >= 0.3 is 0 Å². The standard InChI is InChI=1S/C17H23N5O2/c1-21(2)17(23)15-4-3-14(24-15)13-5-7-22(8-6-13)16-9-12(10-18)11-19-20-16/h9,11,13-15H,3-8H2,1-2H3/t14-,15+/m0/s1. The minimum absolute atomic E-state index is 0.0681. The molecule has 0 aromatic carbocycles. The molecule has 24 heavy (non-hydrogen) atoms. The second kappa shape index (κ2) is 7.14. The summed E-state index contributed by atoms with van der Waals surface area (Å²) in [6.07, 6.45) is 5.16. The fraction of sp³-hybridized carbons (Fsp3) is 0.647. The molecule has 1 amide bonds. The van der Waals surface area contributed by atoms with Gasteiger partial charge in [0.25, 0.3) is 5.91 Å². The highest BCUT2D eigenvalue weighted by Gasteiger charge is 2.37. The van der Waals surface area contributed by atoms with Crippen molar-refractivity contribution in [3.8, 4) is 6.07 Å². The molecule has 0 unspecified atom stereocenters. The van der Waals surface area contributed by atoms with Crippen molar-refractivity contribution < 1.29 is 9.53 Å². The number of aromatic nitrogens is 2. The highest BCUT2D eigenvalue weighted by Crippen LogP contribution is 2.33. The first-order chi connectivity index (χ1) is 11.6. The number of likely N-dealkylation sites (N-methyl/N-ethyl adjacent to an activating group) is 1.